The minimum atomic E-state index is -4.71. The Morgan fingerprint density at radius 2 is 2.14 bits per heavy atom. The molecule has 1 N–H and O–H groups in total. The van der Waals surface area contributed by atoms with Crippen molar-refractivity contribution in [2.75, 3.05) is 11.4 Å². The Morgan fingerprint density at radius 3 is 2.76 bits per heavy atom. The van der Waals surface area contributed by atoms with Crippen molar-refractivity contribution in [3.8, 4) is 11.3 Å². The van der Waals surface area contributed by atoms with Gasteiger partial charge in [0, 0.05) is 30.4 Å². The maximum atomic E-state index is 13.0. The molecule has 3 rings (SSSR count). The van der Waals surface area contributed by atoms with Gasteiger partial charge in [0.25, 0.3) is 0 Å². The summed E-state index contributed by atoms with van der Waals surface area (Å²) in [6.07, 6.45) is 1.28. The summed E-state index contributed by atoms with van der Waals surface area (Å²) < 4.78 is 34.9. The average Bonchev–Trinajstić information content (AvgIpc) is 3.07. The van der Waals surface area contributed by atoms with Gasteiger partial charge in [0.05, 0.1) is 5.69 Å². The molecule has 0 radical (unpaired) electrons. The average molecular weight is 309 g/mol. The summed E-state index contributed by atoms with van der Waals surface area (Å²) in [6, 6.07) is 8.78. The van der Waals surface area contributed by atoms with Crippen molar-refractivity contribution in [2.45, 2.75) is 11.7 Å². The number of nitrogens with one attached hydrogen (secondary N) is 1. The molecule has 1 unspecified atom stereocenters. The number of nitrogens with zero attached hydrogens (tertiary/aromatic N) is 2. The Balaban J connectivity index is 1.91. The number of anilines is 1. The molecule has 1 aliphatic rings. The van der Waals surface area contributed by atoms with Crippen molar-refractivity contribution in [1.82, 2.24) is 10.2 Å². The van der Waals surface area contributed by atoms with E-state index in [1.54, 1.807) is 30.5 Å². The van der Waals surface area contributed by atoms with E-state index >= 15 is 0 Å². The number of aromatic nitrogens is 2. The number of H-pyrrole nitrogens is 1. The lowest BCUT2D eigenvalue weighted by molar-refractivity contribution is -0.117. The molecule has 0 spiro atoms. The molecule has 1 amide bonds. The van der Waals surface area contributed by atoms with E-state index in [4.69, 9.17) is 0 Å². The van der Waals surface area contributed by atoms with Gasteiger partial charge in [-0.1, -0.05) is 12.1 Å². The molecule has 2 heterocycles. The van der Waals surface area contributed by atoms with E-state index in [1.807, 2.05) is 6.07 Å². The molecule has 0 aliphatic carbocycles. The monoisotopic (exact) mass is 309 g/mol. The third-order valence-corrected chi connectivity index (χ3v) is 4.57. The Labute approximate surface area is 120 Å². The van der Waals surface area contributed by atoms with Crippen molar-refractivity contribution in [3.63, 3.8) is 0 Å². The fourth-order valence-electron chi connectivity index (χ4n) is 2.37. The van der Waals surface area contributed by atoms with Crippen molar-refractivity contribution in [3.05, 3.63) is 36.5 Å². The number of rotatable bonds is 3. The van der Waals surface area contributed by atoms with Crippen molar-refractivity contribution >= 4 is 21.8 Å². The van der Waals surface area contributed by atoms with E-state index in [1.165, 1.54) is 4.90 Å². The number of amides is 1. The molecule has 6 nitrogen and oxygen atoms in total. The predicted octanol–water partition coefficient (Wildman–Crippen LogP) is 1.48. The quantitative estimate of drug-likeness (QED) is 0.871. The standard InChI is InChI=1S/C13H12FN3O3S/c14-21(19,20)11-7-13(18)17(8-11)10-3-1-2-9(6-10)12-4-5-15-16-12/h1-6,11H,7-8H2,(H,15,16). The molecule has 21 heavy (non-hydrogen) atoms. The molecule has 1 atom stereocenters. The lowest BCUT2D eigenvalue weighted by Gasteiger charge is -2.16. The van der Waals surface area contributed by atoms with E-state index in [0.717, 1.165) is 11.3 Å². The molecule has 1 aromatic carbocycles. The van der Waals surface area contributed by atoms with Crippen LogP contribution in [0.25, 0.3) is 11.3 Å². The largest absolute Gasteiger partial charge is 0.311 e. The van der Waals surface area contributed by atoms with Gasteiger partial charge in [-0.2, -0.15) is 13.5 Å². The van der Waals surface area contributed by atoms with Crippen LogP contribution in [-0.4, -0.2) is 36.3 Å². The zero-order valence-corrected chi connectivity index (χ0v) is 11.7. The summed E-state index contributed by atoms with van der Waals surface area (Å²) in [6.45, 7) is -0.163. The van der Waals surface area contributed by atoms with Gasteiger partial charge in [-0.3, -0.25) is 9.89 Å². The summed E-state index contributed by atoms with van der Waals surface area (Å²) in [5.41, 5.74) is 2.13. The second kappa shape index (κ2) is 4.96. The van der Waals surface area contributed by atoms with Crippen LogP contribution in [0.15, 0.2) is 36.5 Å². The first-order valence-electron chi connectivity index (χ1n) is 6.29. The Morgan fingerprint density at radius 1 is 1.33 bits per heavy atom. The van der Waals surface area contributed by atoms with Crippen LogP contribution in [0.1, 0.15) is 6.42 Å². The van der Waals surface area contributed by atoms with Gasteiger partial charge in [0.1, 0.15) is 5.25 Å². The van der Waals surface area contributed by atoms with Crippen LogP contribution in [0.5, 0.6) is 0 Å². The number of hydrogen-bond donors (Lipinski definition) is 1. The lowest BCUT2D eigenvalue weighted by atomic mass is 10.1. The molecule has 8 heteroatoms. The van der Waals surface area contributed by atoms with Gasteiger partial charge in [0.15, 0.2) is 0 Å². The van der Waals surface area contributed by atoms with Gasteiger partial charge in [-0.15, -0.1) is 3.89 Å². The summed E-state index contributed by atoms with van der Waals surface area (Å²) in [5.74, 6) is -0.400. The number of halogens is 1. The maximum absolute atomic E-state index is 13.0. The second-order valence-corrected chi connectivity index (χ2v) is 6.44. The number of carbonyl (C=O) groups excluding carboxylic acids is 1. The fraction of sp³-hybridized carbons (Fsp3) is 0.231. The molecule has 1 saturated heterocycles. The fourth-order valence-corrected chi connectivity index (χ4v) is 3.04. The third-order valence-electron chi connectivity index (χ3n) is 3.46. The van der Waals surface area contributed by atoms with Crippen LogP contribution in [0.4, 0.5) is 9.57 Å². The topological polar surface area (TPSA) is 83.1 Å². The molecule has 1 fully saturated rings. The van der Waals surface area contributed by atoms with Crippen LogP contribution in [0, 0.1) is 0 Å². The third kappa shape index (κ3) is 2.66. The summed E-state index contributed by atoms with van der Waals surface area (Å²) in [4.78, 5) is 13.2. The van der Waals surface area contributed by atoms with Crippen molar-refractivity contribution < 1.29 is 17.1 Å². The van der Waals surface area contributed by atoms with Crippen LogP contribution in [0.2, 0.25) is 0 Å². The highest BCUT2D eigenvalue weighted by molar-refractivity contribution is 7.87. The highest BCUT2D eigenvalue weighted by Crippen LogP contribution is 2.28. The zero-order valence-electron chi connectivity index (χ0n) is 10.9. The van der Waals surface area contributed by atoms with Crippen LogP contribution >= 0.6 is 0 Å². The van der Waals surface area contributed by atoms with Gasteiger partial charge in [-0.25, -0.2) is 0 Å². The Bertz CT molecular complexity index is 774. The molecule has 2 aromatic rings. The van der Waals surface area contributed by atoms with Crippen molar-refractivity contribution in [2.24, 2.45) is 0 Å². The van der Waals surface area contributed by atoms with Gasteiger partial charge >= 0.3 is 10.2 Å². The molecule has 110 valence electrons. The molecule has 0 saturated carbocycles. The minimum Gasteiger partial charge on any atom is -0.311 e. The first kappa shape index (κ1) is 13.7. The van der Waals surface area contributed by atoms with Crippen LogP contribution in [-0.2, 0) is 15.0 Å². The summed E-state index contributed by atoms with van der Waals surface area (Å²) >= 11 is 0. The van der Waals surface area contributed by atoms with E-state index in [-0.39, 0.29) is 13.0 Å². The summed E-state index contributed by atoms with van der Waals surface area (Å²) in [5, 5.41) is 5.37. The highest BCUT2D eigenvalue weighted by Gasteiger charge is 2.39. The maximum Gasteiger partial charge on any atom is 0.307 e. The van der Waals surface area contributed by atoms with E-state index < -0.39 is 21.4 Å². The number of hydrogen-bond acceptors (Lipinski definition) is 4. The van der Waals surface area contributed by atoms with Gasteiger partial charge in [0.2, 0.25) is 5.91 Å². The first-order chi connectivity index (χ1) is 9.95. The second-order valence-electron chi connectivity index (χ2n) is 4.83. The zero-order chi connectivity index (χ0) is 15.0. The Kier molecular flexibility index (Phi) is 3.25. The molecule has 0 bridgehead atoms. The highest BCUT2D eigenvalue weighted by atomic mass is 32.3. The number of aromatic amines is 1. The van der Waals surface area contributed by atoms with Gasteiger partial charge in [-0.05, 0) is 18.2 Å². The number of benzene rings is 1. The first-order valence-corrected chi connectivity index (χ1v) is 7.73. The summed E-state index contributed by atoms with van der Waals surface area (Å²) in [7, 11) is -4.71. The van der Waals surface area contributed by atoms with E-state index in [9.17, 15) is 17.1 Å². The molecular formula is C13H12FN3O3S. The minimum absolute atomic E-state index is 0.163. The molecule has 1 aliphatic heterocycles. The van der Waals surface area contributed by atoms with E-state index in [0.29, 0.717) is 5.69 Å². The van der Waals surface area contributed by atoms with Crippen LogP contribution < -0.4 is 4.90 Å². The molecule has 1 aromatic heterocycles. The SMILES string of the molecule is O=C1CC(S(=O)(=O)F)CN1c1cccc(-c2ccn[nH]2)c1. The van der Waals surface area contributed by atoms with Crippen LogP contribution in [0.3, 0.4) is 0 Å². The lowest BCUT2D eigenvalue weighted by Crippen LogP contribution is -2.26. The normalized spacial score (nSPS) is 19.2. The Hall–Kier alpha value is -2.22. The smallest absolute Gasteiger partial charge is 0.307 e. The molecular weight excluding hydrogens is 297 g/mol. The number of carbonyl (C=O) groups is 1. The predicted molar refractivity (Wildman–Crippen MR) is 74.8 cm³/mol. The van der Waals surface area contributed by atoms with E-state index in [2.05, 4.69) is 10.2 Å². The van der Waals surface area contributed by atoms with Crippen molar-refractivity contribution in [1.29, 1.82) is 0 Å². The van der Waals surface area contributed by atoms with Gasteiger partial charge < -0.3 is 4.90 Å².